The van der Waals surface area contributed by atoms with Crippen LogP contribution in [0.2, 0.25) is 0 Å². The molecule has 0 bridgehead atoms. The van der Waals surface area contributed by atoms with Crippen molar-refractivity contribution in [3.8, 4) is 15.5 Å². The largest absolute Gasteiger partial charge is 0.481 e. The highest BCUT2D eigenvalue weighted by molar-refractivity contribution is 7.20. The summed E-state index contributed by atoms with van der Waals surface area (Å²) < 4.78 is 7.34. The summed E-state index contributed by atoms with van der Waals surface area (Å²) in [7, 11) is 0. The summed E-state index contributed by atoms with van der Waals surface area (Å²) in [4.78, 5) is 2.91. The van der Waals surface area contributed by atoms with Crippen molar-refractivity contribution in [3.05, 3.63) is 28.5 Å². The molecule has 1 aliphatic heterocycles. The van der Waals surface area contributed by atoms with E-state index >= 15 is 0 Å². The van der Waals surface area contributed by atoms with Crippen LogP contribution < -0.4 is 4.74 Å². The number of thiophene rings is 2. The topological polar surface area (TPSA) is 9.23 Å². The van der Waals surface area contributed by atoms with Crippen LogP contribution >= 0.6 is 22.7 Å². The number of hydrogen-bond acceptors (Lipinski definition) is 3. The third-order valence-electron chi connectivity index (χ3n) is 12.1. The van der Waals surface area contributed by atoms with Crippen molar-refractivity contribution >= 4 is 22.7 Å². The quantitative estimate of drug-likeness (QED) is 0.0653. The van der Waals surface area contributed by atoms with Crippen LogP contribution in [0.15, 0.2) is 22.9 Å². The highest BCUT2D eigenvalue weighted by Crippen LogP contribution is 2.54. The molecule has 3 heteroatoms. The smallest absolute Gasteiger partial charge is 0.140 e. The van der Waals surface area contributed by atoms with Gasteiger partial charge in [0.05, 0.1) is 9.75 Å². The molecule has 1 aliphatic rings. The summed E-state index contributed by atoms with van der Waals surface area (Å²) in [6.07, 6.45) is 44.7. The molecule has 3 rings (SSSR count). The molecule has 0 fully saturated rings. The van der Waals surface area contributed by atoms with Gasteiger partial charge in [0.1, 0.15) is 11.4 Å². The Morgan fingerprint density at radius 1 is 0.440 bits per heavy atom. The van der Waals surface area contributed by atoms with Crippen LogP contribution in [0.5, 0.6) is 5.75 Å². The lowest BCUT2D eigenvalue weighted by Gasteiger charge is -2.40. The Kier molecular flexibility index (Phi) is 24.2. The van der Waals surface area contributed by atoms with Gasteiger partial charge in [0.25, 0.3) is 0 Å². The van der Waals surface area contributed by atoms with Gasteiger partial charge in [-0.2, -0.15) is 0 Å². The van der Waals surface area contributed by atoms with Gasteiger partial charge in [-0.15, -0.1) is 22.7 Å². The first-order valence-electron chi connectivity index (χ1n) is 22.5. The number of ether oxygens (including phenoxy) is 1. The zero-order chi connectivity index (χ0) is 35.5. The first kappa shape index (κ1) is 43.6. The number of hydrogen-bond donors (Lipinski definition) is 0. The minimum absolute atomic E-state index is 0.148. The summed E-state index contributed by atoms with van der Waals surface area (Å²) in [6.45, 7) is 9.35. The van der Waals surface area contributed by atoms with E-state index in [4.69, 9.17) is 4.74 Å². The fraction of sp³-hybridized carbons (Fsp3) is 0.830. The fourth-order valence-electron chi connectivity index (χ4n) is 8.74. The van der Waals surface area contributed by atoms with Gasteiger partial charge in [0.2, 0.25) is 0 Å². The van der Waals surface area contributed by atoms with Crippen molar-refractivity contribution in [2.75, 3.05) is 0 Å². The average molecular weight is 727 g/mol. The predicted octanol–water partition coefficient (Wildman–Crippen LogP) is 17.9. The summed E-state index contributed by atoms with van der Waals surface area (Å²) in [5, 5.41) is 4.63. The Balaban J connectivity index is 1.70. The lowest BCUT2D eigenvalue weighted by Crippen LogP contribution is -2.36. The number of unbranched alkanes of at least 4 members (excludes halogenated alkanes) is 20. The maximum absolute atomic E-state index is 7.34. The number of rotatable bonds is 34. The Bertz CT molecular complexity index is 1010. The van der Waals surface area contributed by atoms with E-state index in [0.29, 0.717) is 0 Å². The lowest BCUT2D eigenvalue weighted by atomic mass is 9.77. The Hall–Kier alpha value is -0.800. The molecule has 1 nitrogen and oxygen atoms in total. The Morgan fingerprint density at radius 3 is 1.22 bits per heavy atom. The Labute approximate surface area is 320 Å². The van der Waals surface area contributed by atoms with Crippen LogP contribution in [0.1, 0.15) is 239 Å². The molecule has 2 unspecified atom stereocenters. The molecule has 2 aromatic heterocycles. The summed E-state index contributed by atoms with van der Waals surface area (Å²) >= 11 is 3.85. The number of fused-ring (bicyclic) bond motifs is 3. The second-order valence-electron chi connectivity index (χ2n) is 16.4. The van der Waals surface area contributed by atoms with Crippen LogP contribution in [0.25, 0.3) is 9.75 Å². The van der Waals surface area contributed by atoms with Crippen molar-refractivity contribution in [2.24, 2.45) is 11.8 Å². The highest BCUT2D eigenvalue weighted by Gasteiger charge is 2.42. The van der Waals surface area contributed by atoms with Crippen molar-refractivity contribution in [1.29, 1.82) is 0 Å². The van der Waals surface area contributed by atoms with Gasteiger partial charge in [-0.3, -0.25) is 0 Å². The predicted molar refractivity (Wildman–Crippen MR) is 227 cm³/mol. The van der Waals surface area contributed by atoms with Crippen LogP contribution in [0.4, 0.5) is 0 Å². The van der Waals surface area contributed by atoms with Crippen LogP contribution in [-0.4, -0.2) is 0 Å². The summed E-state index contributed by atoms with van der Waals surface area (Å²) in [5.41, 5.74) is 1.39. The average Bonchev–Trinajstić information content (AvgIpc) is 3.81. The van der Waals surface area contributed by atoms with Crippen molar-refractivity contribution in [1.82, 2.24) is 0 Å². The molecule has 0 radical (unpaired) electrons. The Morgan fingerprint density at radius 2 is 0.800 bits per heavy atom. The van der Waals surface area contributed by atoms with Gasteiger partial charge in [0.15, 0.2) is 0 Å². The van der Waals surface area contributed by atoms with E-state index in [1.165, 1.54) is 227 Å². The molecule has 50 heavy (non-hydrogen) atoms. The minimum Gasteiger partial charge on any atom is -0.481 e. The summed E-state index contributed by atoms with van der Waals surface area (Å²) in [6, 6.07) is 4.75. The monoisotopic (exact) mass is 727 g/mol. The minimum atomic E-state index is -0.148. The van der Waals surface area contributed by atoms with Gasteiger partial charge in [-0.25, -0.2) is 0 Å². The van der Waals surface area contributed by atoms with Crippen molar-refractivity contribution in [2.45, 2.75) is 239 Å². The second-order valence-corrected chi connectivity index (χ2v) is 18.2. The van der Waals surface area contributed by atoms with Crippen molar-refractivity contribution in [3.63, 3.8) is 0 Å². The molecule has 0 aliphatic carbocycles. The van der Waals surface area contributed by atoms with Crippen LogP contribution in [0, 0.1) is 11.8 Å². The molecule has 0 N–H and O–H groups in total. The zero-order valence-corrected chi connectivity index (χ0v) is 35.4. The SMILES string of the molecule is CCCCCCCCCC(CCCCCCC)CCC1(CCC(CCCCCCC)CCCCCCCCC)Oc2ccsc2-c2sccc21. The molecule has 0 amide bonds. The molecule has 3 heterocycles. The second kappa shape index (κ2) is 27.8. The molecule has 288 valence electrons. The summed E-state index contributed by atoms with van der Waals surface area (Å²) in [5.74, 6) is 2.87. The third-order valence-corrected chi connectivity index (χ3v) is 14.0. The molecular weight excluding hydrogens is 645 g/mol. The van der Waals surface area contributed by atoms with E-state index in [9.17, 15) is 0 Å². The highest BCUT2D eigenvalue weighted by atomic mass is 32.1. The van der Waals surface area contributed by atoms with E-state index < -0.39 is 0 Å². The van der Waals surface area contributed by atoms with Gasteiger partial charge in [-0.1, -0.05) is 207 Å². The van der Waals surface area contributed by atoms with E-state index in [1.54, 1.807) is 0 Å². The van der Waals surface area contributed by atoms with Gasteiger partial charge >= 0.3 is 0 Å². The first-order chi connectivity index (χ1) is 24.7. The maximum atomic E-state index is 7.34. The van der Waals surface area contributed by atoms with Crippen LogP contribution in [0.3, 0.4) is 0 Å². The molecule has 0 saturated heterocycles. The van der Waals surface area contributed by atoms with E-state index in [0.717, 1.165) is 11.8 Å². The van der Waals surface area contributed by atoms with E-state index in [2.05, 4.69) is 50.6 Å². The molecule has 0 spiro atoms. The third kappa shape index (κ3) is 16.5. The zero-order valence-electron chi connectivity index (χ0n) is 33.8. The fourth-order valence-corrected chi connectivity index (χ4v) is 10.7. The molecule has 0 saturated carbocycles. The first-order valence-corrected chi connectivity index (χ1v) is 24.3. The van der Waals surface area contributed by atoms with Gasteiger partial charge in [0, 0.05) is 5.56 Å². The lowest BCUT2D eigenvalue weighted by molar-refractivity contribution is 0.0299. The van der Waals surface area contributed by atoms with E-state index in [-0.39, 0.29) is 5.60 Å². The molecule has 2 aromatic rings. The maximum Gasteiger partial charge on any atom is 0.140 e. The standard InChI is InChI=1S/C47H82OS2/c1-5-9-13-17-19-23-27-31-41(29-25-21-15-11-7-3)33-37-47(43-35-39-49-45(43)46-44(48-47)36-40-50-46)38-34-42(30-26-22-16-12-8-4)32-28-24-20-18-14-10-6-2/h35-36,39-42H,5-34,37-38H2,1-4H3. The molecule has 2 atom stereocenters. The van der Waals surface area contributed by atoms with Gasteiger partial charge in [-0.05, 0) is 60.4 Å². The molecular formula is C47H82OS2. The van der Waals surface area contributed by atoms with E-state index in [1.807, 2.05) is 22.7 Å². The van der Waals surface area contributed by atoms with Crippen LogP contribution in [-0.2, 0) is 5.60 Å². The molecule has 0 aromatic carbocycles. The van der Waals surface area contributed by atoms with Crippen molar-refractivity contribution < 1.29 is 4.74 Å². The normalized spacial score (nSPS) is 16.6. The van der Waals surface area contributed by atoms with Gasteiger partial charge < -0.3 is 4.74 Å².